The average Bonchev–Trinajstić information content (AvgIpc) is 2.88. The maximum Gasteiger partial charge on any atom is 0.229 e. The second-order valence-corrected chi connectivity index (χ2v) is 11.5. The average molecular weight is 499 g/mol. The minimum absolute atomic E-state index is 0.320. The number of benzene rings is 2. The van der Waals surface area contributed by atoms with E-state index in [2.05, 4.69) is 96.6 Å². The lowest BCUT2D eigenvalue weighted by atomic mass is 9.71. The van der Waals surface area contributed by atoms with Crippen LogP contribution in [0.15, 0.2) is 48.7 Å². The fraction of sp³-hybridized carbons (Fsp3) is 0.484. The highest BCUT2D eigenvalue weighted by molar-refractivity contribution is 5.67. The van der Waals surface area contributed by atoms with E-state index in [0.29, 0.717) is 17.3 Å². The van der Waals surface area contributed by atoms with E-state index in [1.54, 1.807) is 0 Å². The van der Waals surface area contributed by atoms with Crippen LogP contribution in [0, 0.1) is 19.3 Å². The summed E-state index contributed by atoms with van der Waals surface area (Å²) >= 11 is 0. The van der Waals surface area contributed by atoms with Crippen molar-refractivity contribution in [3.05, 3.63) is 65.4 Å². The molecule has 3 heterocycles. The standard InChI is InChI=1S/C31H42N6/c1-22(2)26-21-32-30(35-29(26)34-27-9-7-6-8-23(27)3)33-25-10-11-28(24(4)20-25)37-18-14-31(15-19-37)12-16-36(5)17-13-31/h6-11,20-22H,12-19H2,1-5H3,(H2,32,33,34,35). The largest absolute Gasteiger partial charge is 0.371 e. The third-order valence-corrected chi connectivity index (χ3v) is 8.50. The van der Waals surface area contributed by atoms with Crippen molar-refractivity contribution in [3.63, 3.8) is 0 Å². The smallest absolute Gasteiger partial charge is 0.229 e. The lowest BCUT2D eigenvalue weighted by molar-refractivity contribution is 0.0944. The molecule has 2 aliphatic heterocycles. The molecule has 6 heteroatoms. The number of rotatable bonds is 6. The Balaban J connectivity index is 1.29. The molecule has 37 heavy (non-hydrogen) atoms. The predicted molar refractivity (Wildman–Crippen MR) is 156 cm³/mol. The van der Waals surface area contributed by atoms with Crippen molar-refractivity contribution in [2.75, 3.05) is 48.8 Å². The zero-order valence-corrected chi connectivity index (χ0v) is 23.1. The van der Waals surface area contributed by atoms with Gasteiger partial charge in [-0.3, -0.25) is 0 Å². The quantitative estimate of drug-likeness (QED) is 0.381. The molecule has 0 atom stereocenters. The van der Waals surface area contributed by atoms with Gasteiger partial charge in [-0.25, -0.2) is 4.98 Å². The van der Waals surface area contributed by atoms with Crippen LogP contribution >= 0.6 is 0 Å². The molecule has 0 saturated carbocycles. The van der Waals surface area contributed by atoms with E-state index in [9.17, 15) is 0 Å². The minimum Gasteiger partial charge on any atom is -0.371 e. The van der Waals surface area contributed by atoms with E-state index in [1.165, 1.54) is 55.6 Å². The number of hydrogen-bond acceptors (Lipinski definition) is 6. The van der Waals surface area contributed by atoms with Gasteiger partial charge in [0, 0.05) is 41.9 Å². The van der Waals surface area contributed by atoms with Gasteiger partial charge in [0.2, 0.25) is 5.95 Å². The Bertz CT molecular complexity index is 1220. The first-order valence-corrected chi connectivity index (χ1v) is 13.8. The second-order valence-electron chi connectivity index (χ2n) is 11.5. The summed E-state index contributed by atoms with van der Waals surface area (Å²) in [6.07, 6.45) is 7.28. The molecule has 1 spiro atoms. The molecular weight excluding hydrogens is 456 g/mol. The van der Waals surface area contributed by atoms with Crippen molar-refractivity contribution in [1.29, 1.82) is 0 Å². The van der Waals surface area contributed by atoms with Gasteiger partial charge in [-0.2, -0.15) is 4.98 Å². The van der Waals surface area contributed by atoms with Gasteiger partial charge in [-0.1, -0.05) is 32.0 Å². The highest BCUT2D eigenvalue weighted by Gasteiger charge is 2.37. The molecule has 3 aromatic rings. The lowest BCUT2D eigenvalue weighted by Gasteiger charge is -2.47. The van der Waals surface area contributed by atoms with Gasteiger partial charge in [0.1, 0.15) is 5.82 Å². The first-order chi connectivity index (χ1) is 17.8. The normalized spacial score (nSPS) is 17.8. The summed E-state index contributed by atoms with van der Waals surface area (Å²) in [6.45, 7) is 13.5. The summed E-state index contributed by atoms with van der Waals surface area (Å²) in [5.41, 5.74) is 7.60. The molecule has 0 radical (unpaired) electrons. The van der Waals surface area contributed by atoms with E-state index in [1.807, 2.05) is 12.3 Å². The van der Waals surface area contributed by atoms with Gasteiger partial charge < -0.3 is 20.4 Å². The van der Waals surface area contributed by atoms with Crippen LogP contribution in [0.2, 0.25) is 0 Å². The Morgan fingerprint density at radius 3 is 2.24 bits per heavy atom. The fourth-order valence-electron chi connectivity index (χ4n) is 5.85. The molecule has 6 nitrogen and oxygen atoms in total. The van der Waals surface area contributed by atoms with Crippen LogP contribution in [0.5, 0.6) is 0 Å². The van der Waals surface area contributed by atoms with Crippen LogP contribution in [-0.4, -0.2) is 48.1 Å². The van der Waals surface area contributed by atoms with E-state index in [-0.39, 0.29) is 0 Å². The van der Waals surface area contributed by atoms with E-state index >= 15 is 0 Å². The van der Waals surface area contributed by atoms with Crippen molar-refractivity contribution in [1.82, 2.24) is 14.9 Å². The second kappa shape index (κ2) is 10.7. The Hall–Kier alpha value is -3.12. The first kappa shape index (κ1) is 25.5. The highest BCUT2D eigenvalue weighted by Crippen LogP contribution is 2.42. The van der Waals surface area contributed by atoms with Crippen molar-refractivity contribution in [2.45, 2.75) is 59.3 Å². The molecule has 2 N–H and O–H groups in total. The van der Waals surface area contributed by atoms with Gasteiger partial charge in [-0.15, -0.1) is 0 Å². The Kier molecular flexibility index (Phi) is 7.38. The van der Waals surface area contributed by atoms with Gasteiger partial charge in [0.15, 0.2) is 0 Å². The molecule has 0 aliphatic carbocycles. The molecule has 2 aliphatic rings. The Morgan fingerprint density at radius 1 is 0.865 bits per heavy atom. The summed E-state index contributed by atoms with van der Waals surface area (Å²) in [6, 6.07) is 15.0. The molecule has 5 rings (SSSR count). The molecule has 2 fully saturated rings. The molecule has 196 valence electrons. The summed E-state index contributed by atoms with van der Waals surface area (Å²) in [7, 11) is 2.26. The zero-order valence-electron chi connectivity index (χ0n) is 23.1. The van der Waals surface area contributed by atoms with Crippen LogP contribution in [-0.2, 0) is 0 Å². The van der Waals surface area contributed by atoms with E-state index in [4.69, 9.17) is 4.98 Å². The first-order valence-electron chi connectivity index (χ1n) is 13.8. The highest BCUT2D eigenvalue weighted by atomic mass is 15.2. The van der Waals surface area contributed by atoms with E-state index < -0.39 is 0 Å². The third-order valence-electron chi connectivity index (χ3n) is 8.50. The number of likely N-dealkylation sites (tertiary alicyclic amines) is 1. The predicted octanol–water partition coefficient (Wildman–Crippen LogP) is 7.02. The van der Waals surface area contributed by atoms with Crippen LogP contribution in [0.1, 0.15) is 62.1 Å². The van der Waals surface area contributed by atoms with Crippen LogP contribution < -0.4 is 15.5 Å². The zero-order chi connectivity index (χ0) is 26.0. The topological polar surface area (TPSA) is 56.3 Å². The van der Waals surface area contributed by atoms with Crippen molar-refractivity contribution >= 4 is 28.8 Å². The summed E-state index contributed by atoms with van der Waals surface area (Å²) < 4.78 is 0. The minimum atomic E-state index is 0.320. The fourth-order valence-corrected chi connectivity index (χ4v) is 5.85. The molecule has 2 aromatic carbocycles. The summed E-state index contributed by atoms with van der Waals surface area (Å²) in [5.74, 6) is 1.78. The SMILES string of the molecule is Cc1ccccc1Nc1nc(Nc2ccc(N3CCC4(CCN(C)CC4)CC3)c(C)c2)ncc1C(C)C. The maximum absolute atomic E-state index is 4.87. The molecule has 0 amide bonds. The number of nitrogens with one attached hydrogen (secondary N) is 2. The number of piperidine rings is 2. The van der Waals surface area contributed by atoms with Crippen molar-refractivity contribution < 1.29 is 0 Å². The number of aromatic nitrogens is 2. The third kappa shape index (κ3) is 5.74. The number of nitrogens with zero attached hydrogens (tertiary/aromatic N) is 4. The monoisotopic (exact) mass is 498 g/mol. The Morgan fingerprint density at radius 2 is 1.57 bits per heavy atom. The molecule has 2 saturated heterocycles. The van der Waals surface area contributed by atoms with E-state index in [0.717, 1.165) is 35.8 Å². The Labute approximate surface area is 222 Å². The molecular formula is C31H42N6. The van der Waals surface area contributed by atoms with Crippen molar-refractivity contribution in [3.8, 4) is 0 Å². The van der Waals surface area contributed by atoms with Crippen LogP contribution in [0.25, 0.3) is 0 Å². The van der Waals surface area contributed by atoms with Gasteiger partial charge in [-0.05, 0) is 106 Å². The van der Waals surface area contributed by atoms with Gasteiger partial charge in [0.05, 0.1) is 0 Å². The molecule has 1 aromatic heterocycles. The van der Waals surface area contributed by atoms with Crippen molar-refractivity contribution in [2.24, 2.45) is 5.41 Å². The number of hydrogen-bond donors (Lipinski definition) is 2. The van der Waals surface area contributed by atoms with Crippen LogP contribution in [0.4, 0.5) is 28.8 Å². The number of aryl methyl sites for hydroxylation is 2. The number of para-hydroxylation sites is 1. The maximum atomic E-state index is 4.87. The summed E-state index contributed by atoms with van der Waals surface area (Å²) in [4.78, 5) is 14.6. The summed E-state index contributed by atoms with van der Waals surface area (Å²) in [5, 5.41) is 6.99. The number of anilines is 5. The van der Waals surface area contributed by atoms with Gasteiger partial charge >= 0.3 is 0 Å². The lowest BCUT2D eigenvalue weighted by Crippen LogP contribution is -2.46. The molecule has 0 unspecified atom stereocenters. The van der Waals surface area contributed by atoms with Crippen LogP contribution in [0.3, 0.4) is 0 Å². The molecule has 0 bridgehead atoms. The van der Waals surface area contributed by atoms with Gasteiger partial charge in [0.25, 0.3) is 0 Å².